The summed E-state index contributed by atoms with van der Waals surface area (Å²) >= 11 is 0. The third-order valence-corrected chi connectivity index (χ3v) is 4.39. The minimum Gasteiger partial charge on any atom is -0.493 e. The molecule has 2 rings (SSSR count). The fourth-order valence-electron chi connectivity index (χ4n) is 2.61. The summed E-state index contributed by atoms with van der Waals surface area (Å²) in [5.74, 6) is 0.743. The molecule has 0 fully saturated rings. The first-order valence-corrected chi connectivity index (χ1v) is 8.34. The molecule has 0 spiro atoms. The quantitative estimate of drug-likeness (QED) is 0.820. The highest BCUT2D eigenvalue weighted by molar-refractivity contribution is 5.94. The standard InChI is InChI=1S/C20H25FN2O3/c1-13-9-18(25-4)19(26-5)10-15(13)12-23(3)14(2)20(24)22-17-8-6-7-16(21)11-17/h6-11,14H,12H2,1-5H3,(H,22,24)/t14-/m0/s1. The van der Waals surface area contributed by atoms with Gasteiger partial charge >= 0.3 is 0 Å². The molecule has 2 aromatic rings. The van der Waals surface area contributed by atoms with Crippen molar-refractivity contribution in [2.75, 3.05) is 26.6 Å². The van der Waals surface area contributed by atoms with E-state index in [4.69, 9.17) is 9.47 Å². The number of amides is 1. The summed E-state index contributed by atoms with van der Waals surface area (Å²) < 4.78 is 23.9. The highest BCUT2D eigenvalue weighted by Crippen LogP contribution is 2.30. The first-order chi connectivity index (χ1) is 12.3. The molecule has 0 saturated heterocycles. The zero-order valence-corrected chi connectivity index (χ0v) is 15.8. The Hall–Kier alpha value is -2.60. The molecule has 5 nitrogen and oxygen atoms in total. The molecule has 1 amide bonds. The highest BCUT2D eigenvalue weighted by Gasteiger charge is 2.20. The molecular formula is C20H25FN2O3. The zero-order valence-electron chi connectivity index (χ0n) is 15.8. The third kappa shape index (κ3) is 4.73. The molecule has 0 heterocycles. The van der Waals surface area contributed by atoms with E-state index in [1.54, 1.807) is 26.4 Å². The van der Waals surface area contributed by atoms with Crippen molar-refractivity contribution in [1.82, 2.24) is 4.90 Å². The van der Waals surface area contributed by atoms with Gasteiger partial charge in [0.15, 0.2) is 11.5 Å². The van der Waals surface area contributed by atoms with Gasteiger partial charge in [-0.25, -0.2) is 4.39 Å². The van der Waals surface area contributed by atoms with Crippen LogP contribution in [0.5, 0.6) is 11.5 Å². The summed E-state index contributed by atoms with van der Waals surface area (Å²) in [4.78, 5) is 14.4. The molecule has 0 aromatic heterocycles. The number of benzene rings is 2. The van der Waals surface area contributed by atoms with Crippen LogP contribution in [0.3, 0.4) is 0 Å². The Morgan fingerprint density at radius 1 is 1.19 bits per heavy atom. The zero-order chi connectivity index (χ0) is 19.3. The first kappa shape index (κ1) is 19.7. The van der Waals surface area contributed by atoms with Gasteiger partial charge in [0, 0.05) is 12.2 Å². The second-order valence-corrected chi connectivity index (χ2v) is 6.22. The molecule has 0 unspecified atom stereocenters. The van der Waals surface area contributed by atoms with Gasteiger partial charge in [-0.1, -0.05) is 6.07 Å². The molecule has 0 aliphatic rings. The number of anilines is 1. The topological polar surface area (TPSA) is 50.8 Å². The van der Waals surface area contributed by atoms with Gasteiger partial charge in [0.05, 0.1) is 20.3 Å². The lowest BCUT2D eigenvalue weighted by Crippen LogP contribution is -2.39. The molecule has 1 N–H and O–H groups in total. The lowest BCUT2D eigenvalue weighted by Gasteiger charge is -2.25. The number of rotatable bonds is 7. The van der Waals surface area contributed by atoms with Crippen LogP contribution in [0.1, 0.15) is 18.1 Å². The molecule has 0 radical (unpaired) electrons. The van der Waals surface area contributed by atoms with Gasteiger partial charge in [0.25, 0.3) is 0 Å². The molecule has 0 bridgehead atoms. The number of aryl methyl sites for hydroxylation is 1. The monoisotopic (exact) mass is 360 g/mol. The minimum absolute atomic E-state index is 0.198. The number of hydrogen-bond acceptors (Lipinski definition) is 4. The molecule has 1 atom stereocenters. The largest absolute Gasteiger partial charge is 0.493 e. The van der Waals surface area contributed by atoms with Crippen molar-refractivity contribution in [3.63, 3.8) is 0 Å². The van der Waals surface area contributed by atoms with Gasteiger partial charge in [-0.15, -0.1) is 0 Å². The van der Waals surface area contributed by atoms with Crippen molar-refractivity contribution < 1.29 is 18.7 Å². The molecule has 0 aliphatic heterocycles. The number of nitrogens with one attached hydrogen (secondary N) is 1. The molecule has 2 aromatic carbocycles. The van der Waals surface area contributed by atoms with Crippen LogP contribution in [-0.4, -0.2) is 38.1 Å². The Labute approximate surface area is 153 Å². The predicted octanol–water partition coefficient (Wildman–Crippen LogP) is 3.61. The van der Waals surface area contributed by atoms with Gasteiger partial charge in [-0.2, -0.15) is 0 Å². The highest BCUT2D eigenvalue weighted by atomic mass is 19.1. The fourth-order valence-corrected chi connectivity index (χ4v) is 2.61. The van der Waals surface area contributed by atoms with E-state index < -0.39 is 6.04 Å². The van der Waals surface area contributed by atoms with Crippen LogP contribution < -0.4 is 14.8 Å². The summed E-state index contributed by atoms with van der Waals surface area (Å²) in [6, 6.07) is 9.29. The summed E-state index contributed by atoms with van der Waals surface area (Å²) in [6.07, 6.45) is 0. The summed E-state index contributed by atoms with van der Waals surface area (Å²) in [5.41, 5.74) is 2.53. The lowest BCUT2D eigenvalue weighted by atomic mass is 10.1. The summed E-state index contributed by atoms with van der Waals surface area (Å²) in [7, 11) is 5.06. The number of ether oxygens (including phenoxy) is 2. The van der Waals surface area contributed by atoms with Gasteiger partial charge < -0.3 is 14.8 Å². The van der Waals surface area contributed by atoms with E-state index in [2.05, 4.69) is 5.32 Å². The van der Waals surface area contributed by atoms with E-state index in [0.29, 0.717) is 23.7 Å². The first-order valence-electron chi connectivity index (χ1n) is 8.34. The average Bonchev–Trinajstić information content (AvgIpc) is 2.62. The second-order valence-electron chi connectivity index (χ2n) is 6.22. The number of hydrogen-bond donors (Lipinski definition) is 1. The van der Waals surface area contributed by atoms with E-state index in [9.17, 15) is 9.18 Å². The molecular weight excluding hydrogens is 335 g/mol. The van der Waals surface area contributed by atoms with Crippen molar-refractivity contribution in [2.24, 2.45) is 0 Å². The van der Waals surface area contributed by atoms with Crippen LogP contribution >= 0.6 is 0 Å². The molecule has 0 aliphatic carbocycles. The average molecular weight is 360 g/mol. The smallest absolute Gasteiger partial charge is 0.241 e. The fraction of sp³-hybridized carbons (Fsp3) is 0.350. The van der Waals surface area contributed by atoms with Crippen molar-refractivity contribution in [1.29, 1.82) is 0 Å². The lowest BCUT2D eigenvalue weighted by molar-refractivity contribution is -0.120. The number of carbonyl (C=O) groups is 1. The third-order valence-electron chi connectivity index (χ3n) is 4.39. The van der Waals surface area contributed by atoms with Crippen molar-refractivity contribution in [3.8, 4) is 11.5 Å². The Balaban J connectivity index is 2.08. The van der Waals surface area contributed by atoms with Gasteiger partial charge in [0.1, 0.15) is 5.82 Å². The van der Waals surface area contributed by atoms with Crippen LogP contribution in [0.4, 0.5) is 10.1 Å². The maximum atomic E-state index is 13.3. The van der Waals surface area contributed by atoms with Crippen molar-refractivity contribution >= 4 is 11.6 Å². The molecule has 0 saturated carbocycles. The van der Waals surface area contributed by atoms with Crippen LogP contribution in [0, 0.1) is 12.7 Å². The van der Waals surface area contributed by atoms with E-state index in [1.165, 1.54) is 12.1 Å². The van der Waals surface area contributed by atoms with Gasteiger partial charge in [-0.3, -0.25) is 9.69 Å². The minimum atomic E-state index is -0.397. The van der Waals surface area contributed by atoms with Crippen molar-refractivity contribution in [3.05, 3.63) is 53.3 Å². The number of likely N-dealkylation sites (N-methyl/N-ethyl adjacent to an activating group) is 1. The van der Waals surface area contributed by atoms with E-state index in [0.717, 1.165) is 11.1 Å². The van der Waals surface area contributed by atoms with Crippen molar-refractivity contribution in [2.45, 2.75) is 26.4 Å². The van der Waals surface area contributed by atoms with E-state index in [1.807, 2.05) is 37.9 Å². The van der Waals surface area contributed by atoms with E-state index >= 15 is 0 Å². The van der Waals surface area contributed by atoms with Crippen LogP contribution in [-0.2, 0) is 11.3 Å². The molecule has 26 heavy (non-hydrogen) atoms. The molecule has 6 heteroatoms. The van der Waals surface area contributed by atoms with Crippen LogP contribution in [0.25, 0.3) is 0 Å². The maximum absolute atomic E-state index is 13.3. The molecule has 140 valence electrons. The van der Waals surface area contributed by atoms with Gasteiger partial charge in [-0.05, 0) is 62.4 Å². The van der Waals surface area contributed by atoms with Gasteiger partial charge in [0.2, 0.25) is 5.91 Å². The van der Waals surface area contributed by atoms with Crippen LogP contribution in [0.15, 0.2) is 36.4 Å². The number of halogens is 1. The number of nitrogens with zero attached hydrogens (tertiary/aromatic N) is 1. The Kier molecular flexibility index (Phi) is 6.58. The van der Waals surface area contributed by atoms with Crippen LogP contribution in [0.2, 0.25) is 0 Å². The predicted molar refractivity (Wildman–Crippen MR) is 100 cm³/mol. The Morgan fingerprint density at radius 3 is 2.46 bits per heavy atom. The van der Waals surface area contributed by atoms with E-state index in [-0.39, 0.29) is 11.7 Å². The normalized spacial score (nSPS) is 12.0. The second kappa shape index (κ2) is 8.67. The maximum Gasteiger partial charge on any atom is 0.241 e. The number of methoxy groups -OCH3 is 2. The summed E-state index contributed by atoms with van der Waals surface area (Å²) in [6.45, 7) is 4.36. The number of carbonyl (C=O) groups excluding carboxylic acids is 1. The Morgan fingerprint density at radius 2 is 1.85 bits per heavy atom. The summed E-state index contributed by atoms with van der Waals surface area (Å²) in [5, 5.41) is 2.74. The Bertz CT molecular complexity index is 780. The SMILES string of the molecule is COc1cc(C)c(CN(C)[C@@H](C)C(=O)Nc2cccc(F)c2)cc1OC.